The number of aryl methyl sites for hydroxylation is 1. The molecule has 1 aromatic heterocycles. The Balaban J connectivity index is 1.56. The predicted octanol–water partition coefficient (Wildman–Crippen LogP) is 1.64. The van der Waals surface area contributed by atoms with Gasteiger partial charge in [-0.2, -0.15) is 0 Å². The standard InChI is InChI=1S/C18H21N3O2/c1-14-3-2-4-15(11-14)13-20-7-9-21(10-8-20)18(23)16-5-6-17(22)19-12-16/h2-6,11-12H,7-10,13H2,1H3,(H,19,22). The highest BCUT2D eigenvalue weighted by molar-refractivity contribution is 5.93. The highest BCUT2D eigenvalue weighted by Gasteiger charge is 2.22. The number of benzene rings is 1. The van der Waals surface area contributed by atoms with Crippen molar-refractivity contribution in [3.63, 3.8) is 0 Å². The zero-order chi connectivity index (χ0) is 16.2. The second-order valence-corrected chi connectivity index (χ2v) is 6.00. The average Bonchev–Trinajstić information content (AvgIpc) is 2.56. The molecular weight excluding hydrogens is 290 g/mol. The van der Waals surface area contributed by atoms with E-state index in [1.807, 2.05) is 4.90 Å². The molecule has 0 aliphatic carbocycles. The number of H-pyrrole nitrogens is 1. The van der Waals surface area contributed by atoms with Gasteiger partial charge in [-0.1, -0.05) is 29.8 Å². The van der Waals surface area contributed by atoms with Gasteiger partial charge in [0.25, 0.3) is 5.91 Å². The van der Waals surface area contributed by atoms with E-state index in [1.54, 1.807) is 6.07 Å². The van der Waals surface area contributed by atoms with Crippen molar-refractivity contribution < 1.29 is 4.79 Å². The van der Waals surface area contributed by atoms with Crippen molar-refractivity contribution in [1.82, 2.24) is 14.8 Å². The number of rotatable bonds is 3. The van der Waals surface area contributed by atoms with E-state index < -0.39 is 0 Å². The maximum absolute atomic E-state index is 12.4. The van der Waals surface area contributed by atoms with Crippen molar-refractivity contribution in [3.8, 4) is 0 Å². The third-order valence-corrected chi connectivity index (χ3v) is 4.18. The van der Waals surface area contributed by atoms with Crippen molar-refractivity contribution in [2.45, 2.75) is 13.5 Å². The third-order valence-electron chi connectivity index (χ3n) is 4.18. The van der Waals surface area contributed by atoms with Gasteiger partial charge in [0.05, 0.1) is 5.56 Å². The summed E-state index contributed by atoms with van der Waals surface area (Å²) in [6, 6.07) is 11.5. The van der Waals surface area contributed by atoms with E-state index in [1.165, 1.54) is 23.4 Å². The van der Waals surface area contributed by atoms with Crippen molar-refractivity contribution in [1.29, 1.82) is 0 Å². The smallest absolute Gasteiger partial charge is 0.255 e. The number of carbonyl (C=O) groups is 1. The maximum Gasteiger partial charge on any atom is 0.255 e. The van der Waals surface area contributed by atoms with Crippen LogP contribution >= 0.6 is 0 Å². The molecular formula is C18H21N3O2. The molecule has 2 heterocycles. The minimum atomic E-state index is -0.190. The topological polar surface area (TPSA) is 56.4 Å². The van der Waals surface area contributed by atoms with Crippen LogP contribution < -0.4 is 5.56 Å². The Labute approximate surface area is 135 Å². The first-order valence-corrected chi connectivity index (χ1v) is 7.88. The summed E-state index contributed by atoms with van der Waals surface area (Å²) in [5, 5.41) is 0. The summed E-state index contributed by atoms with van der Waals surface area (Å²) >= 11 is 0. The Hall–Kier alpha value is -2.40. The molecule has 1 fully saturated rings. The Morgan fingerprint density at radius 1 is 1.13 bits per heavy atom. The van der Waals surface area contributed by atoms with Crippen molar-refractivity contribution in [2.24, 2.45) is 0 Å². The van der Waals surface area contributed by atoms with Crippen LogP contribution in [0.4, 0.5) is 0 Å². The van der Waals surface area contributed by atoms with Gasteiger partial charge in [0.1, 0.15) is 0 Å². The molecule has 5 heteroatoms. The monoisotopic (exact) mass is 311 g/mol. The summed E-state index contributed by atoms with van der Waals surface area (Å²) in [5.74, 6) is -0.0172. The number of aromatic nitrogens is 1. The molecule has 5 nitrogen and oxygen atoms in total. The highest BCUT2D eigenvalue weighted by Crippen LogP contribution is 2.12. The number of piperazine rings is 1. The van der Waals surface area contributed by atoms with Crippen molar-refractivity contribution in [2.75, 3.05) is 26.2 Å². The zero-order valence-corrected chi connectivity index (χ0v) is 13.3. The fourth-order valence-corrected chi connectivity index (χ4v) is 2.90. The van der Waals surface area contributed by atoms with Gasteiger partial charge in [-0.15, -0.1) is 0 Å². The molecule has 0 unspecified atom stereocenters. The van der Waals surface area contributed by atoms with Gasteiger partial charge < -0.3 is 9.88 Å². The van der Waals surface area contributed by atoms with Crippen LogP contribution in [0.25, 0.3) is 0 Å². The first kappa shape index (κ1) is 15.5. The fraction of sp³-hybridized carbons (Fsp3) is 0.333. The molecule has 3 rings (SSSR count). The number of amides is 1. The Kier molecular flexibility index (Phi) is 4.57. The number of hydrogen-bond acceptors (Lipinski definition) is 3. The van der Waals surface area contributed by atoms with Gasteiger partial charge in [-0.3, -0.25) is 14.5 Å². The summed E-state index contributed by atoms with van der Waals surface area (Å²) in [6.07, 6.45) is 1.49. The fourth-order valence-electron chi connectivity index (χ4n) is 2.90. The molecule has 0 saturated carbocycles. The maximum atomic E-state index is 12.4. The lowest BCUT2D eigenvalue weighted by molar-refractivity contribution is 0.0628. The number of nitrogens with zero attached hydrogens (tertiary/aromatic N) is 2. The molecule has 120 valence electrons. The second kappa shape index (κ2) is 6.79. The van der Waals surface area contributed by atoms with Gasteiger partial charge in [0, 0.05) is 45.0 Å². The number of aromatic amines is 1. The molecule has 23 heavy (non-hydrogen) atoms. The van der Waals surface area contributed by atoms with Crippen LogP contribution in [0.15, 0.2) is 47.4 Å². The number of nitrogens with one attached hydrogen (secondary N) is 1. The van der Waals surface area contributed by atoms with Gasteiger partial charge in [0.15, 0.2) is 0 Å². The van der Waals surface area contributed by atoms with Crippen molar-refractivity contribution in [3.05, 3.63) is 69.6 Å². The molecule has 1 amide bonds. The van der Waals surface area contributed by atoms with Gasteiger partial charge >= 0.3 is 0 Å². The second-order valence-electron chi connectivity index (χ2n) is 6.00. The molecule has 0 bridgehead atoms. The van der Waals surface area contributed by atoms with Gasteiger partial charge in [-0.05, 0) is 18.6 Å². The minimum absolute atomic E-state index is 0.0172. The molecule has 1 saturated heterocycles. The largest absolute Gasteiger partial charge is 0.336 e. The zero-order valence-electron chi connectivity index (χ0n) is 13.3. The summed E-state index contributed by atoms with van der Waals surface area (Å²) in [6.45, 7) is 6.17. The first-order chi connectivity index (χ1) is 11.1. The van der Waals surface area contributed by atoms with E-state index in [4.69, 9.17) is 0 Å². The summed E-state index contributed by atoms with van der Waals surface area (Å²) < 4.78 is 0. The lowest BCUT2D eigenvalue weighted by Crippen LogP contribution is -2.48. The molecule has 2 aromatic rings. The van der Waals surface area contributed by atoms with Crippen LogP contribution in [0.2, 0.25) is 0 Å². The van der Waals surface area contributed by atoms with Crippen LogP contribution in [0, 0.1) is 6.92 Å². The van der Waals surface area contributed by atoms with Crippen LogP contribution in [0.1, 0.15) is 21.5 Å². The SMILES string of the molecule is Cc1cccc(CN2CCN(C(=O)c3ccc(=O)[nH]c3)CC2)c1. The lowest BCUT2D eigenvalue weighted by Gasteiger charge is -2.34. The van der Waals surface area contributed by atoms with Crippen LogP contribution in [0.3, 0.4) is 0 Å². The van der Waals surface area contributed by atoms with E-state index in [0.29, 0.717) is 18.7 Å². The van der Waals surface area contributed by atoms with E-state index in [9.17, 15) is 9.59 Å². The number of carbonyl (C=O) groups excluding carboxylic acids is 1. The first-order valence-electron chi connectivity index (χ1n) is 7.88. The number of hydrogen-bond donors (Lipinski definition) is 1. The van der Waals surface area contributed by atoms with Crippen LogP contribution in [-0.2, 0) is 6.54 Å². The molecule has 0 atom stereocenters. The molecule has 0 radical (unpaired) electrons. The number of pyridine rings is 1. The summed E-state index contributed by atoms with van der Waals surface area (Å²) in [5.41, 5.74) is 2.93. The lowest BCUT2D eigenvalue weighted by atomic mass is 10.1. The van der Waals surface area contributed by atoms with E-state index >= 15 is 0 Å². The van der Waals surface area contributed by atoms with E-state index in [-0.39, 0.29) is 11.5 Å². The quantitative estimate of drug-likeness (QED) is 0.937. The van der Waals surface area contributed by atoms with E-state index in [2.05, 4.69) is 41.1 Å². The van der Waals surface area contributed by atoms with Crippen LogP contribution in [-0.4, -0.2) is 46.9 Å². The predicted molar refractivity (Wildman–Crippen MR) is 89.4 cm³/mol. The molecule has 1 aliphatic heterocycles. The minimum Gasteiger partial charge on any atom is -0.336 e. The normalized spacial score (nSPS) is 15.6. The molecule has 1 aromatic carbocycles. The summed E-state index contributed by atoms with van der Waals surface area (Å²) in [7, 11) is 0. The van der Waals surface area contributed by atoms with Crippen LogP contribution in [0.5, 0.6) is 0 Å². The average molecular weight is 311 g/mol. The van der Waals surface area contributed by atoms with Crippen molar-refractivity contribution >= 4 is 5.91 Å². The highest BCUT2D eigenvalue weighted by atomic mass is 16.2. The summed E-state index contributed by atoms with van der Waals surface area (Å²) in [4.78, 5) is 30.2. The third kappa shape index (κ3) is 3.87. The molecule has 1 aliphatic rings. The molecule has 0 spiro atoms. The Morgan fingerprint density at radius 3 is 2.57 bits per heavy atom. The molecule has 1 N–H and O–H groups in total. The van der Waals surface area contributed by atoms with Gasteiger partial charge in [0.2, 0.25) is 5.56 Å². The van der Waals surface area contributed by atoms with E-state index in [0.717, 1.165) is 19.6 Å². The Morgan fingerprint density at radius 2 is 1.91 bits per heavy atom. The van der Waals surface area contributed by atoms with Gasteiger partial charge in [-0.25, -0.2) is 0 Å². The Bertz CT molecular complexity index is 725.